The Labute approximate surface area is 207 Å². The van der Waals surface area contributed by atoms with Crippen LogP contribution in [0.25, 0.3) is 0 Å². The van der Waals surface area contributed by atoms with E-state index < -0.39 is 16.0 Å². The van der Waals surface area contributed by atoms with Crippen LogP contribution in [0, 0.1) is 20.8 Å². The van der Waals surface area contributed by atoms with Crippen LogP contribution in [0.3, 0.4) is 0 Å². The molecule has 8 heteroatoms. The minimum absolute atomic E-state index is 0.0267. The van der Waals surface area contributed by atoms with Crippen molar-refractivity contribution in [3.05, 3.63) is 82.9 Å². The maximum absolute atomic E-state index is 13.3. The Morgan fingerprint density at radius 2 is 1.71 bits per heavy atom. The van der Waals surface area contributed by atoms with Gasteiger partial charge in [0.1, 0.15) is 0 Å². The van der Waals surface area contributed by atoms with E-state index in [0.29, 0.717) is 24.3 Å². The van der Waals surface area contributed by atoms with E-state index in [4.69, 9.17) is 0 Å². The molecule has 3 aromatic rings. The zero-order valence-corrected chi connectivity index (χ0v) is 21.3. The van der Waals surface area contributed by atoms with Crippen LogP contribution in [0.2, 0.25) is 0 Å². The molecule has 3 aromatic carbocycles. The number of hydrogen-bond acceptors (Lipinski definition) is 5. The summed E-state index contributed by atoms with van der Waals surface area (Å²) in [7, 11) is -3.92. The molecule has 0 unspecified atom stereocenters. The van der Waals surface area contributed by atoms with Crippen molar-refractivity contribution in [1.82, 2.24) is 0 Å². The number of carbonyl (C=O) groups is 1. The molecule has 1 saturated heterocycles. The average molecular weight is 494 g/mol. The number of nitrogens with one attached hydrogen (secondary N) is 1. The number of carboxylic acids is 1. The molecule has 0 aliphatic carbocycles. The van der Waals surface area contributed by atoms with E-state index in [0.717, 1.165) is 17.8 Å². The summed E-state index contributed by atoms with van der Waals surface area (Å²) < 4.78 is 29.4. The highest BCUT2D eigenvalue weighted by Crippen LogP contribution is 2.33. The Hall–Kier alpha value is -3.52. The molecule has 0 spiro atoms. The SMILES string of the molecule is Cc1cccc(N2CCN(c3ccc(C(=O)O)cc3NS(=O)(=O)c3cc(C)ccc3C)C[C@@H]2C)c1. The van der Waals surface area contributed by atoms with Crippen molar-refractivity contribution < 1.29 is 18.3 Å². The van der Waals surface area contributed by atoms with Gasteiger partial charge in [0.05, 0.1) is 21.8 Å². The van der Waals surface area contributed by atoms with Crippen molar-refractivity contribution in [1.29, 1.82) is 0 Å². The number of sulfonamides is 1. The van der Waals surface area contributed by atoms with Gasteiger partial charge in [0, 0.05) is 31.4 Å². The van der Waals surface area contributed by atoms with Crippen molar-refractivity contribution in [2.45, 2.75) is 38.6 Å². The lowest BCUT2D eigenvalue weighted by molar-refractivity contribution is 0.0697. The molecule has 35 heavy (non-hydrogen) atoms. The number of benzene rings is 3. The van der Waals surface area contributed by atoms with Crippen molar-refractivity contribution in [3.63, 3.8) is 0 Å². The predicted octanol–water partition coefficient (Wildman–Crippen LogP) is 4.83. The Kier molecular flexibility index (Phi) is 6.76. The highest BCUT2D eigenvalue weighted by Gasteiger charge is 2.27. The molecule has 4 rings (SSSR count). The quantitative estimate of drug-likeness (QED) is 0.511. The second-order valence-electron chi connectivity index (χ2n) is 9.24. The Morgan fingerprint density at radius 3 is 2.40 bits per heavy atom. The van der Waals surface area contributed by atoms with E-state index in [9.17, 15) is 18.3 Å². The van der Waals surface area contributed by atoms with Gasteiger partial charge in [-0.25, -0.2) is 13.2 Å². The van der Waals surface area contributed by atoms with Gasteiger partial charge in [0.15, 0.2) is 0 Å². The Morgan fingerprint density at radius 1 is 0.971 bits per heavy atom. The van der Waals surface area contributed by atoms with Crippen LogP contribution in [-0.4, -0.2) is 45.2 Å². The second-order valence-corrected chi connectivity index (χ2v) is 10.9. The Balaban J connectivity index is 1.66. The van der Waals surface area contributed by atoms with Gasteiger partial charge in [-0.3, -0.25) is 4.72 Å². The van der Waals surface area contributed by atoms with Crippen LogP contribution >= 0.6 is 0 Å². The molecule has 0 amide bonds. The molecule has 0 saturated carbocycles. The number of anilines is 3. The van der Waals surface area contributed by atoms with Crippen LogP contribution in [-0.2, 0) is 10.0 Å². The predicted molar refractivity (Wildman–Crippen MR) is 140 cm³/mol. The van der Waals surface area contributed by atoms with Gasteiger partial charge in [-0.05, 0) is 80.8 Å². The first-order chi connectivity index (χ1) is 16.5. The normalized spacial score (nSPS) is 16.3. The molecule has 0 bridgehead atoms. The third-order valence-corrected chi connectivity index (χ3v) is 7.93. The van der Waals surface area contributed by atoms with Crippen molar-refractivity contribution in [2.75, 3.05) is 34.2 Å². The zero-order chi connectivity index (χ0) is 25.3. The van der Waals surface area contributed by atoms with Crippen LogP contribution in [0.15, 0.2) is 65.6 Å². The van der Waals surface area contributed by atoms with Gasteiger partial charge in [-0.1, -0.05) is 24.3 Å². The first-order valence-corrected chi connectivity index (χ1v) is 13.1. The van der Waals surface area contributed by atoms with Gasteiger partial charge >= 0.3 is 5.97 Å². The fourth-order valence-corrected chi connectivity index (χ4v) is 5.99. The molecule has 0 aromatic heterocycles. The third kappa shape index (κ3) is 5.27. The minimum Gasteiger partial charge on any atom is -0.478 e. The first-order valence-electron chi connectivity index (χ1n) is 11.6. The fraction of sp³-hybridized carbons (Fsp3) is 0.296. The van der Waals surface area contributed by atoms with Crippen molar-refractivity contribution in [2.24, 2.45) is 0 Å². The summed E-state index contributed by atoms with van der Waals surface area (Å²) in [5, 5.41) is 9.53. The summed E-state index contributed by atoms with van der Waals surface area (Å²) in [5.74, 6) is -1.11. The minimum atomic E-state index is -3.92. The van der Waals surface area contributed by atoms with E-state index in [2.05, 4.69) is 52.6 Å². The van der Waals surface area contributed by atoms with Crippen LogP contribution in [0.1, 0.15) is 34.0 Å². The van der Waals surface area contributed by atoms with Gasteiger partial charge in [0.25, 0.3) is 10.0 Å². The van der Waals surface area contributed by atoms with Crippen LogP contribution < -0.4 is 14.5 Å². The van der Waals surface area contributed by atoms with Gasteiger partial charge in [0.2, 0.25) is 0 Å². The highest BCUT2D eigenvalue weighted by molar-refractivity contribution is 7.92. The molecule has 0 radical (unpaired) electrons. The summed E-state index contributed by atoms with van der Waals surface area (Å²) >= 11 is 0. The summed E-state index contributed by atoms with van der Waals surface area (Å²) in [6, 6.07) is 18.4. The number of nitrogens with zero attached hydrogens (tertiary/aromatic N) is 2. The topological polar surface area (TPSA) is 89.9 Å². The maximum Gasteiger partial charge on any atom is 0.335 e. The lowest BCUT2D eigenvalue weighted by atomic mass is 10.1. The van der Waals surface area contributed by atoms with Crippen molar-refractivity contribution in [3.8, 4) is 0 Å². The van der Waals surface area contributed by atoms with E-state index in [1.54, 1.807) is 25.1 Å². The van der Waals surface area contributed by atoms with Gasteiger partial charge < -0.3 is 14.9 Å². The molecule has 2 N–H and O–H groups in total. The summed E-state index contributed by atoms with van der Waals surface area (Å²) in [6.45, 7) is 9.89. The van der Waals surface area contributed by atoms with E-state index >= 15 is 0 Å². The van der Waals surface area contributed by atoms with E-state index in [-0.39, 0.29) is 22.2 Å². The largest absolute Gasteiger partial charge is 0.478 e. The monoisotopic (exact) mass is 493 g/mol. The zero-order valence-electron chi connectivity index (χ0n) is 20.4. The maximum atomic E-state index is 13.3. The number of hydrogen-bond donors (Lipinski definition) is 2. The molecule has 1 aliphatic heterocycles. The van der Waals surface area contributed by atoms with Crippen molar-refractivity contribution >= 4 is 33.1 Å². The number of piperazine rings is 1. The number of rotatable bonds is 6. The molecular weight excluding hydrogens is 462 g/mol. The number of aromatic carboxylic acids is 1. The molecule has 1 atom stereocenters. The molecule has 7 nitrogen and oxygen atoms in total. The highest BCUT2D eigenvalue weighted by atomic mass is 32.2. The van der Waals surface area contributed by atoms with Crippen LogP contribution in [0.4, 0.5) is 17.1 Å². The molecular formula is C27H31N3O4S. The lowest BCUT2D eigenvalue weighted by Crippen LogP contribution is -2.52. The second kappa shape index (κ2) is 9.62. The molecule has 1 aliphatic rings. The van der Waals surface area contributed by atoms with Gasteiger partial charge in [-0.15, -0.1) is 0 Å². The molecule has 1 fully saturated rings. The van der Waals surface area contributed by atoms with Crippen LogP contribution in [0.5, 0.6) is 0 Å². The smallest absolute Gasteiger partial charge is 0.335 e. The van der Waals surface area contributed by atoms with E-state index in [1.165, 1.54) is 17.7 Å². The summed E-state index contributed by atoms with van der Waals surface area (Å²) in [5.41, 5.74) is 4.77. The number of aryl methyl sites for hydroxylation is 3. The van der Waals surface area contributed by atoms with E-state index in [1.807, 2.05) is 13.0 Å². The fourth-order valence-electron chi connectivity index (χ4n) is 4.59. The molecule has 1 heterocycles. The lowest BCUT2D eigenvalue weighted by Gasteiger charge is -2.43. The standard InChI is InChI=1S/C27H31N3O4S/c1-18-6-5-7-23(14-18)30-13-12-29(17-21(30)4)25-11-10-22(27(31)32)16-24(25)28-35(33,34)26-15-19(2)8-9-20(26)3/h5-11,14-16,21,28H,12-13,17H2,1-4H3,(H,31,32)/t21-/m0/s1. The summed E-state index contributed by atoms with van der Waals surface area (Å²) in [4.78, 5) is 16.3. The molecule has 184 valence electrons. The first kappa shape index (κ1) is 24.6. The number of carboxylic acid groups (broad SMARTS) is 1. The summed E-state index contributed by atoms with van der Waals surface area (Å²) in [6.07, 6.45) is 0. The van der Waals surface area contributed by atoms with Gasteiger partial charge in [-0.2, -0.15) is 0 Å². The third-order valence-electron chi connectivity index (χ3n) is 6.42. The average Bonchev–Trinajstić information content (AvgIpc) is 2.80. The Bertz CT molecular complexity index is 1370.